The van der Waals surface area contributed by atoms with Crippen LogP contribution in [0.25, 0.3) is 88.4 Å². The molecular weight excluding hydrogens is 1210 g/mol. The molecule has 0 aliphatic heterocycles. The van der Waals surface area contributed by atoms with Crippen LogP contribution in [0.1, 0.15) is 308 Å². The summed E-state index contributed by atoms with van der Waals surface area (Å²) >= 11 is 0. The summed E-state index contributed by atoms with van der Waals surface area (Å²) in [6, 6.07) is 63.1. The van der Waals surface area contributed by atoms with E-state index in [1.165, 1.54) is 285 Å². The highest BCUT2D eigenvalue weighted by Gasteiger charge is 2.51. The van der Waals surface area contributed by atoms with Crippen molar-refractivity contribution in [2.24, 2.45) is 0 Å². The molecule has 0 spiro atoms. The van der Waals surface area contributed by atoms with Crippen LogP contribution in [-0.4, -0.2) is 0 Å². The Balaban J connectivity index is 0.895. The maximum absolute atomic E-state index is 7.19. The van der Waals surface area contributed by atoms with Gasteiger partial charge in [-0.2, -0.15) is 0 Å². The van der Waals surface area contributed by atoms with Crippen LogP contribution in [0.3, 0.4) is 0 Å². The molecule has 11 aromatic rings. The van der Waals surface area contributed by atoms with Crippen LogP contribution in [0.4, 0.5) is 0 Å². The average molecular weight is 1320 g/mol. The number of unbranched alkanes of at least 4 members (excludes halogenated alkanes) is 20. The molecule has 4 aliphatic rings. The van der Waals surface area contributed by atoms with Crippen molar-refractivity contribution in [1.82, 2.24) is 0 Å². The molecular formula is C98H114O2. The van der Waals surface area contributed by atoms with Gasteiger partial charge >= 0.3 is 0 Å². The lowest BCUT2D eigenvalue weighted by Crippen LogP contribution is -2.27. The van der Waals surface area contributed by atoms with Gasteiger partial charge in [0, 0.05) is 48.8 Å². The Morgan fingerprint density at radius 1 is 0.320 bits per heavy atom. The van der Waals surface area contributed by atoms with E-state index in [0.29, 0.717) is 0 Å². The highest BCUT2D eigenvalue weighted by atomic mass is 16.3. The number of fused-ring (bicyclic) bond motifs is 22. The van der Waals surface area contributed by atoms with Crippen LogP contribution < -0.4 is 0 Å². The SMILES string of the molecule is CCCCCCCCC1(CCCCCCCC)c2cc(C(Cc3ccc(C)cc3)Cc3ccc4c(c3)C(C)(C)c3c5c(c6c(oc7ccccc76)c3-4)-c3ccccc3C5(C)C)ccc2-c2cc3c(cc21)-c1c(ccc2oc4ccccc4c12)C3(CCCCCCCC)CCCCCCCC. The van der Waals surface area contributed by atoms with Crippen LogP contribution in [0, 0.1) is 6.92 Å². The summed E-state index contributed by atoms with van der Waals surface area (Å²) in [5, 5.41) is 5.10. The van der Waals surface area contributed by atoms with Gasteiger partial charge in [0.15, 0.2) is 0 Å². The zero-order valence-electron chi connectivity index (χ0n) is 62.6. The highest BCUT2D eigenvalue weighted by Crippen LogP contribution is 2.65. The van der Waals surface area contributed by atoms with Gasteiger partial charge in [-0.15, -0.1) is 0 Å². The maximum atomic E-state index is 7.19. The minimum Gasteiger partial charge on any atom is -0.456 e. The second kappa shape index (κ2) is 28.8. The third kappa shape index (κ3) is 12.0. The molecule has 2 heteroatoms. The molecule has 2 heterocycles. The third-order valence-corrected chi connectivity index (χ3v) is 25.7. The summed E-state index contributed by atoms with van der Waals surface area (Å²) in [5.74, 6) is 0.254. The van der Waals surface area contributed by atoms with E-state index >= 15 is 0 Å². The summed E-state index contributed by atoms with van der Waals surface area (Å²) in [5.41, 5.74) is 32.7. The molecule has 4 aliphatic carbocycles. The fourth-order valence-electron chi connectivity index (χ4n) is 20.5. The summed E-state index contributed by atoms with van der Waals surface area (Å²) < 4.78 is 14.1. The van der Waals surface area contributed by atoms with Crippen molar-refractivity contribution in [1.29, 1.82) is 0 Å². The lowest BCUT2D eigenvalue weighted by molar-refractivity contribution is 0.394. The third-order valence-electron chi connectivity index (χ3n) is 25.7. The minimum absolute atomic E-state index is 0.0735. The first-order valence-electron chi connectivity index (χ1n) is 40.5. The van der Waals surface area contributed by atoms with E-state index in [4.69, 9.17) is 8.83 Å². The van der Waals surface area contributed by atoms with Crippen LogP contribution in [-0.2, 0) is 34.5 Å². The van der Waals surface area contributed by atoms with Crippen molar-refractivity contribution in [3.05, 3.63) is 224 Å². The predicted octanol–water partition coefficient (Wildman–Crippen LogP) is 29.5. The van der Waals surface area contributed by atoms with Crippen LogP contribution in [0.2, 0.25) is 0 Å². The van der Waals surface area contributed by atoms with Crippen molar-refractivity contribution < 1.29 is 8.83 Å². The Hall–Kier alpha value is -7.42. The largest absolute Gasteiger partial charge is 0.456 e. The number of furan rings is 2. The molecule has 0 fully saturated rings. The summed E-state index contributed by atoms with van der Waals surface area (Å²) in [7, 11) is 0. The molecule has 0 radical (unpaired) electrons. The summed E-state index contributed by atoms with van der Waals surface area (Å²) in [6.07, 6.45) is 38.0. The van der Waals surface area contributed by atoms with Crippen molar-refractivity contribution in [2.75, 3.05) is 0 Å². The summed E-state index contributed by atoms with van der Waals surface area (Å²) in [6.45, 7) is 21.7. The van der Waals surface area contributed by atoms with Crippen molar-refractivity contribution in [3.8, 4) is 44.5 Å². The van der Waals surface area contributed by atoms with E-state index in [2.05, 4.69) is 220 Å². The van der Waals surface area contributed by atoms with Gasteiger partial charge in [-0.1, -0.05) is 342 Å². The second-order valence-electron chi connectivity index (χ2n) is 33.0. The lowest BCUT2D eigenvalue weighted by atomic mass is 9.68. The standard InChI is InChI=1S/C98H114O2/c1-10-14-18-22-26-36-56-97(57-37-27-23-19-15-11-2)79-54-55-86-88(74-41-31-34-44-84(74)99-86)87(79)77-65-82-76(64-83(77)97)71-53-51-69(63-81(71)98(82,58-38-28-24-20-16-12-3)59-39-29-25-21-17-13-4)70(60-67-48-46-66(5)47-49-67)61-68-50-52-73-80(62-68)96(8,9)93-91(73)94-90(75-42-32-35-45-85(75)100-94)89-72-40-30-33-43-78(72)95(6,7)92(89)93/h30-35,40-55,62-65,70H,10-29,36-39,56-61H2,1-9H3. The van der Waals surface area contributed by atoms with Crippen molar-refractivity contribution >= 4 is 43.9 Å². The van der Waals surface area contributed by atoms with Gasteiger partial charge in [0.2, 0.25) is 0 Å². The molecule has 0 saturated carbocycles. The van der Waals surface area contributed by atoms with Gasteiger partial charge in [-0.05, 0) is 182 Å². The van der Waals surface area contributed by atoms with Gasteiger partial charge in [-0.25, -0.2) is 0 Å². The van der Waals surface area contributed by atoms with Gasteiger partial charge in [-0.3, -0.25) is 0 Å². The van der Waals surface area contributed by atoms with Gasteiger partial charge < -0.3 is 8.83 Å². The molecule has 1 unspecified atom stereocenters. The first-order valence-corrected chi connectivity index (χ1v) is 40.5. The maximum Gasteiger partial charge on any atom is 0.144 e. The van der Waals surface area contributed by atoms with Crippen LogP contribution in [0.5, 0.6) is 0 Å². The highest BCUT2D eigenvalue weighted by molar-refractivity contribution is 6.21. The smallest absolute Gasteiger partial charge is 0.144 e. The molecule has 100 heavy (non-hydrogen) atoms. The van der Waals surface area contributed by atoms with Gasteiger partial charge in [0.25, 0.3) is 0 Å². The van der Waals surface area contributed by atoms with E-state index in [0.717, 1.165) is 35.2 Å². The van der Waals surface area contributed by atoms with E-state index in [1.54, 1.807) is 27.8 Å². The Morgan fingerprint density at radius 2 is 0.790 bits per heavy atom. The number of rotatable bonds is 33. The molecule has 1 atom stereocenters. The first kappa shape index (κ1) is 68.4. The van der Waals surface area contributed by atoms with Crippen LogP contribution in [0.15, 0.2) is 167 Å². The zero-order chi connectivity index (χ0) is 68.8. The first-order chi connectivity index (χ1) is 48.9. The number of para-hydroxylation sites is 2. The Kier molecular flexibility index (Phi) is 19.7. The van der Waals surface area contributed by atoms with E-state index < -0.39 is 0 Å². The van der Waals surface area contributed by atoms with E-state index in [-0.39, 0.29) is 27.6 Å². The molecule has 2 aromatic heterocycles. The quantitative estimate of drug-likeness (QED) is 0.0383. The molecule has 0 amide bonds. The monoisotopic (exact) mass is 1320 g/mol. The second-order valence-corrected chi connectivity index (χ2v) is 33.0. The van der Waals surface area contributed by atoms with Crippen molar-refractivity contribution in [2.45, 2.75) is 283 Å². The molecule has 0 saturated heterocycles. The average Bonchev–Trinajstić information content (AvgIpc) is 1.51. The van der Waals surface area contributed by atoms with E-state index in [1.807, 2.05) is 0 Å². The van der Waals surface area contributed by atoms with Crippen molar-refractivity contribution in [3.63, 3.8) is 0 Å². The van der Waals surface area contributed by atoms with Crippen LogP contribution >= 0.6 is 0 Å². The minimum atomic E-state index is -0.270. The molecule has 0 N–H and O–H groups in total. The fourth-order valence-corrected chi connectivity index (χ4v) is 20.5. The van der Waals surface area contributed by atoms with Gasteiger partial charge in [0.1, 0.15) is 22.3 Å². The molecule has 2 nitrogen and oxygen atoms in total. The predicted molar refractivity (Wildman–Crippen MR) is 428 cm³/mol. The number of hydrogen-bond donors (Lipinski definition) is 0. The van der Waals surface area contributed by atoms with Gasteiger partial charge in [0.05, 0.1) is 0 Å². The molecule has 15 rings (SSSR count). The van der Waals surface area contributed by atoms with E-state index in [9.17, 15) is 0 Å². The fraction of sp³-hybridized carbons (Fsp3) is 0.449. The summed E-state index contributed by atoms with van der Waals surface area (Å²) in [4.78, 5) is 0. The normalized spacial score (nSPS) is 15.5. The number of hydrogen-bond acceptors (Lipinski definition) is 2. The molecule has 0 bridgehead atoms. The number of aryl methyl sites for hydroxylation is 1. The Labute approximate surface area is 600 Å². The molecule has 518 valence electrons. The Bertz CT molecular complexity index is 4730. The topological polar surface area (TPSA) is 26.3 Å². The zero-order valence-corrected chi connectivity index (χ0v) is 62.6. The number of benzene rings is 9. The lowest BCUT2D eigenvalue weighted by Gasteiger charge is -2.35. The Morgan fingerprint density at radius 3 is 1.42 bits per heavy atom. The molecule has 9 aromatic carbocycles.